The van der Waals surface area contributed by atoms with Gasteiger partial charge in [0.25, 0.3) is 29.5 Å². The third-order valence-corrected chi connectivity index (χ3v) is 8.35. The molecule has 4 aromatic heterocycles. The number of halogens is 2. The van der Waals surface area contributed by atoms with Gasteiger partial charge in [0, 0.05) is 88.5 Å². The Morgan fingerprint density at radius 2 is 1.38 bits per heavy atom. The molecule has 0 aliphatic carbocycles. The molecule has 0 aliphatic rings. The van der Waals surface area contributed by atoms with Gasteiger partial charge in [-0.3, -0.25) is 49.2 Å². The van der Waals surface area contributed by atoms with Crippen LogP contribution in [0.15, 0.2) is 48.7 Å². The molecule has 5 rings (SSSR count). The summed E-state index contributed by atoms with van der Waals surface area (Å²) in [6.07, 6.45) is 1.71. The molecule has 0 atom stereocenters. The summed E-state index contributed by atoms with van der Waals surface area (Å²) in [7, 11) is 4.65. The number of H-pyrrole nitrogens is 1. The Bertz CT molecular complexity index is 2250. The van der Waals surface area contributed by atoms with Crippen LogP contribution in [0.1, 0.15) is 58.9 Å². The smallest absolute Gasteiger partial charge is 0.294 e. The van der Waals surface area contributed by atoms with E-state index in [9.17, 15) is 24.0 Å². The first kappa shape index (κ1) is 40.4. The summed E-state index contributed by atoms with van der Waals surface area (Å²) >= 11 is 11.8. The highest BCUT2D eigenvalue weighted by atomic mass is 35.5. The number of hydrogen-bond acceptors (Lipinski definition) is 11. The zero-order valence-electron chi connectivity index (χ0n) is 30.3. The van der Waals surface area contributed by atoms with Crippen LogP contribution < -0.4 is 37.2 Å². The molecule has 1 aromatic carbocycles. The number of benzene rings is 1. The number of alkyl halides is 2. The van der Waals surface area contributed by atoms with Crippen LogP contribution in [-0.2, 0) is 21.1 Å². The van der Waals surface area contributed by atoms with Gasteiger partial charge in [0.05, 0.1) is 11.5 Å². The highest BCUT2D eigenvalue weighted by Gasteiger charge is 2.21. The summed E-state index contributed by atoms with van der Waals surface area (Å²) in [6.45, 7) is 1.36. The van der Waals surface area contributed by atoms with Gasteiger partial charge < -0.3 is 36.5 Å². The lowest BCUT2D eigenvalue weighted by Gasteiger charge is -2.22. The predicted molar refractivity (Wildman–Crippen MR) is 209 cm³/mol. The van der Waals surface area contributed by atoms with E-state index in [0.29, 0.717) is 30.4 Å². The van der Waals surface area contributed by atoms with Crippen molar-refractivity contribution >= 4 is 87.5 Å². The molecular weight excluding hydrogens is 771 g/mol. The van der Waals surface area contributed by atoms with E-state index in [0.717, 1.165) is 5.69 Å². The number of aryl methyl sites for hydroxylation is 3. The SMILES string of the molecule is Cn1cc(NC(=O)c2cc(NC(=O)c3nc(NC(=O)c4ccc(N(CCCl)CCCl)cc4)n[nH]3)nn2C)cc1C(=O)Nc1cc(C(=O)NCCC(=N)N)n(C)n1. The van der Waals surface area contributed by atoms with E-state index in [4.69, 9.17) is 34.3 Å². The average Bonchev–Trinajstić information content (AvgIpc) is 3.94. The molecule has 0 saturated heterocycles. The molecule has 5 amide bonds. The molecule has 4 heterocycles. The van der Waals surface area contributed by atoms with E-state index >= 15 is 0 Å². The fourth-order valence-electron chi connectivity index (χ4n) is 5.28. The summed E-state index contributed by atoms with van der Waals surface area (Å²) < 4.78 is 4.04. The monoisotopic (exact) mass is 808 g/mol. The van der Waals surface area contributed by atoms with Crippen molar-refractivity contribution in [3.63, 3.8) is 0 Å². The third-order valence-electron chi connectivity index (χ3n) is 8.01. The van der Waals surface area contributed by atoms with Gasteiger partial charge in [0.1, 0.15) is 17.1 Å². The second-order valence-corrected chi connectivity index (χ2v) is 12.8. The van der Waals surface area contributed by atoms with Gasteiger partial charge in [0.15, 0.2) is 11.6 Å². The Morgan fingerprint density at radius 3 is 1.98 bits per heavy atom. The van der Waals surface area contributed by atoms with Gasteiger partial charge in [-0.1, -0.05) is 0 Å². The number of carbonyl (C=O) groups excluding carboxylic acids is 5. The molecule has 0 bridgehead atoms. The first-order valence-corrected chi connectivity index (χ1v) is 17.8. The minimum absolute atomic E-state index is 0.0255. The van der Waals surface area contributed by atoms with Gasteiger partial charge in [-0.2, -0.15) is 15.2 Å². The van der Waals surface area contributed by atoms with Crippen LogP contribution in [0, 0.1) is 5.41 Å². The van der Waals surface area contributed by atoms with Crippen LogP contribution in [-0.4, -0.2) is 106 Å². The number of rotatable bonds is 17. The number of amides is 5. The lowest BCUT2D eigenvalue weighted by Crippen LogP contribution is -2.29. The van der Waals surface area contributed by atoms with Crippen LogP contribution in [0.5, 0.6) is 0 Å². The summed E-state index contributed by atoms with van der Waals surface area (Å²) in [6, 6.07) is 11.0. The van der Waals surface area contributed by atoms with Crippen LogP contribution in [0.2, 0.25) is 0 Å². The molecular formula is C33H38Cl2N16O5. The first-order valence-electron chi connectivity index (χ1n) is 16.8. The maximum Gasteiger partial charge on any atom is 0.294 e. The fourth-order valence-corrected chi connectivity index (χ4v) is 5.69. The number of aromatic amines is 1. The average molecular weight is 810 g/mol. The molecule has 21 nitrogen and oxygen atoms in total. The number of carbonyl (C=O) groups is 5. The van der Waals surface area contributed by atoms with E-state index in [2.05, 4.69) is 52.0 Å². The Morgan fingerprint density at radius 1 is 0.786 bits per heavy atom. The molecule has 9 N–H and O–H groups in total. The van der Waals surface area contributed by atoms with Crippen molar-refractivity contribution in [2.75, 3.05) is 57.6 Å². The summed E-state index contributed by atoms with van der Waals surface area (Å²) in [4.78, 5) is 70.5. The molecule has 0 radical (unpaired) electrons. The van der Waals surface area contributed by atoms with Crippen molar-refractivity contribution in [3.8, 4) is 0 Å². The summed E-state index contributed by atoms with van der Waals surface area (Å²) in [5.41, 5.74) is 7.22. The van der Waals surface area contributed by atoms with Crippen LogP contribution in [0.25, 0.3) is 0 Å². The van der Waals surface area contributed by atoms with Crippen molar-refractivity contribution in [2.45, 2.75) is 6.42 Å². The second kappa shape index (κ2) is 18.1. The molecule has 294 valence electrons. The highest BCUT2D eigenvalue weighted by molar-refractivity contribution is 6.18. The number of hydrogen-bond donors (Lipinski definition) is 8. The van der Waals surface area contributed by atoms with Gasteiger partial charge in [-0.05, 0) is 30.3 Å². The zero-order valence-corrected chi connectivity index (χ0v) is 31.8. The standard InChI is InChI=1S/C33H38Cl2N16O5/c1-48-17-19(14-21(48)30(54)40-25-15-22(49(2)46-25)29(53)38-11-8-24(36)37)39-31(55)23-16-26(47-50(23)3)41-32(56)27-42-33(45-44-27)43-28(52)18-4-6-20(7-5-18)51(12-9-34)13-10-35/h4-7,14-17H,8-13H2,1-3H3,(H3,36,37)(H,38,53)(H,39,55)(H,40,46,54)(H,41,47,56)(H2,42,43,44,45,52). The molecule has 56 heavy (non-hydrogen) atoms. The quantitative estimate of drug-likeness (QED) is 0.0382. The largest absolute Gasteiger partial charge is 0.388 e. The van der Waals surface area contributed by atoms with E-state index in [-0.39, 0.29) is 65.0 Å². The summed E-state index contributed by atoms with van der Waals surface area (Å²) in [5, 5.41) is 35.0. The lowest BCUT2D eigenvalue weighted by atomic mass is 10.2. The fraction of sp³-hybridized carbons (Fsp3) is 0.273. The number of anilines is 5. The van der Waals surface area contributed by atoms with Crippen molar-refractivity contribution < 1.29 is 24.0 Å². The van der Waals surface area contributed by atoms with Crippen LogP contribution in [0.3, 0.4) is 0 Å². The van der Waals surface area contributed by atoms with Crippen molar-refractivity contribution in [1.82, 2.24) is 44.6 Å². The molecule has 0 aliphatic heterocycles. The number of nitrogens with two attached hydrogens (primary N) is 1. The zero-order chi connectivity index (χ0) is 40.5. The van der Waals surface area contributed by atoms with Crippen molar-refractivity contribution in [2.24, 2.45) is 26.9 Å². The first-order chi connectivity index (χ1) is 26.8. The maximum absolute atomic E-state index is 13.2. The topological polar surface area (TPSA) is 281 Å². The molecule has 0 unspecified atom stereocenters. The molecule has 0 saturated carbocycles. The van der Waals surface area contributed by atoms with Gasteiger partial charge in [0.2, 0.25) is 11.8 Å². The predicted octanol–water partition coefficient (Wildman–Crippen LogP) is 1.96. The van der Waals surface area contributed by atoms with Crippen LogP contribution >= 0.6 is 23.2 Å². The van der Waals surface area contributed by atoms with E-state index < -0.39 is 29.5 Å². The Balaban J connectivity index is 1.15. The minimum atomic E-state index is -0.738. The van der Waals surface area contributed by atoms with Crippen molar-refractivity contribution in [3.05, 3.63) is 77.1 Å². The van der Waals surface area contributed by atoms with E-state index in [1.165, 1.54) is 52.4 Å². The molecule has 0 fully saturated rings. The number of amidine groups is 1. The normalized spacial score (nSPS) is 10.8. The number of aromatic nitrogens is 8. The third kappa shape index (κ3) is 10.1. The number of nitrogens with zero attached hydrogens (tertiary/aromatic N) is 8. The number of nitrogens with one attached hydrogen (secondary N) is 7. The minimum Gasteiger partial charge on any atom is -0.388 e. The second-order valence-electron chi connectivity index (χ2n) is 12.1. The Hall–Kier alpha value is -6.74. The highest BCUT2D eigenvalue weighted by Crippen LogP contribution is 2.19. The Kier molecular flexibility index (Phi) is 13.0. The van der Waals surface area contributed by atoms with E-state index in [1.54, 1.807) is 31.3 Å². The van der Waals surface area contributed by atoms with Crippen LogP contribution in [0.4, 0.5) is 29.0 Å². The van der Waals surface area contributed by atoms with Gasteiger partial charge in [-0.25, -0.2) is 0 Å². The summed E-state index contributed by atoms with van der Waals surface area (Å²) in [5.74, 6) is -2.28. The molecule has 23 heteroatoms. The van der Waals surface area contributed by atoms with Gasteiger partial charge in [-0.15, -0.1) is 28.3 Å². The van der Waals surface area contributed by atoms with E-state index in [1.807, 2.05) is 4.90 Å². The van der Waals surface area contributed by atoms with Gasteiger partial charge >= 0.3 is 0 Å². The Labute approximate surface area is 328 Å². The maximum atomic E-state index is 13.2. The lowest BCUT2D eigenvalue weighted by molar-refractivity contribution is 0.0942. The molecule has 0 spiro atoms. The van der Waals surface area contributed by atoms with Crippen molar-refractivity contribution in [1.29, 1.82) is 5.41 Å². The molecule has 5 aromatic rings.